The number of amidine groups is 1. The summed E-state index contributed by atoms with van der Waals surface area (Å²) in [6.45, 7) is 2.04. The molecule has 0 fully saturated rings. The standard InChI is InChI=1S/C25H24FN5O2/c1-3-5-17(12-29-2)21-11-19-20(14-32-25(27)28)18-10-15(16-6-4-9-30-13-16)7-8-22(18)33-23(19)24(26)31-21/h4-13,20H,3,14H2,1-2H3,(H3,27,28)/b17-5+,29-12?. The Morgan fingerprint density at radius 3 is 2.82 bits per heavy atom. The molecule has 0 saturated heterocycles. The number of nitrogens with two attached hydrogens (primary N) is 1. The molecule has 3 heterocycles. The molecule has 7 nitrogen and oxygen atoms in total. The number of pyridine rings is 2. The zero-order valence-electron chi connectivity index (χ0n) is 18.4. The number of rotatable bonds is 6. The SMILES string of the molecule is CC/C=C(\C=NC)c1cc2c(c(F)n1)Oc1ccc(-c3cccnc3)cc1C2COC(=N)N. The van der Waals surface area contributed by atoms with Crippen molar-refractivity contribution in [2.75, 3.05) is 13.7 Å². The highest BCUT2D eigenvalue weighted by Crippen LogP contribution is 2.46. The fourth-order valence-corrected chi connectivity index (χ4v) is 3.87. The number of aromatic nitrogens is 2. The van der Waals surface area contributed by atoms with Crippen molar-refractivity contribution in [3.05, 3.63) is 77.6 Å². The van der Waals surface area contributed by atoms with E-state index >= 15 is 4.39 Å². The van der Waals surface area contributed by atoms with Gasteiger partial charge in [0, 0.05) is 47.9 Å². The molecular formula is C25H24FN5O2. The average molecular weight is 445 g/mol. The van der Waals surface area contributed by atoms with Gasteiger partial charge in [-0.2, -0.15) is 4.39 Å². The minimum atomic E-state index is -0.719. The van der Waals surface area contributed by atoms with Gasteiger partial charge in [0.15, 0.2) is 5.75 Å². The Hall–Kier alpha value is -4.07. The molecule has 4 rings (SSSR count). The lowest BCUT2D eigenvalue weighted by Gasteiger charge is -2.29. The number of ether oxygens (including phenoxy) is 2. The summed E-state index contributed by atoms with van der Waals surface area (Å²) in [5, 5.41) is 7.52. The van der Waals surface area contributed by atoms with Crippen LogP contribution < -0.4 is 10.5 Å². The van der Waals surface area contributed by atoms with Crippen molar-refractivity contribution in [3.8, 4) is 22.6 Å². The smallest absolute Gasteiger partial charge is 0.279 e. The van der Waals surface area contributed by atoms with E-state index in [4.69, 9.17) is 20.6 Å². The molecule has 1 aliphatic rings. The van der Waals surface area contributed by atoms with Gasteiger partial charge in [-0.25, -0.2) is 4.98 Å². The first-order chi connectivity index (χ1) is 16.0. The van der Waals surface area contributed by atoms with Gasteiger partial charge in [-0.05, 0) is 36.2 Å². The Morgan fingerprint density at radius 1 is 1.27 bits per heavy atom. The quantitative estimate of drug-likeness (QED) is 0.318. The maximum Gasteiger partial charge on any atom is 0.279 e. The molecule has 0 amide bonds. The van der Waals surface area contributed by atoms with E-state index in [0.717, 1.165) is 23.1 Å². The third-order valence-electron chi connectivity index (χ3n) is 5.32. The third kappa shape index (κ3) is 4.59. The van der Waals surface area contributed by atoms with Gasteiger partial charge in [0.2, 0.25) is 0 Å². The molecule has 33 heavy (non-hydrogen) atoms. The Balaban J connectivity index is 1.86. The molecule has 1 aromatic carbocycles. The van der Waals surface area contributed by atoms with E-state index in [9.17, 15) is 0 Å². The third-order valence-corrected chi connectivity index (χ3v) is 5.32. The number of fused-ring (bicyclic) bond motifs is 2. The number of halogens is 1. The molecule has 0 bridgehead atoms. The lowest BCUT2D eigenvalue weighted by atomic mass is 9.86. The molecular weight excluding hydrogens is 421 g/mol. The second-order valence-corrected chi connectivity index (χ2v) is 7.50. The Labute approximate surface area is 191 Å². The highest BCUT2D eigenvalue weighted by Gasteiger charge is 2.32. The predicted octanol–water partition coefficient (Wildman–Crippen LogP) is 4.92. The summed E-state index contributed by atoms with van der Waals surface area (Å²) >= 11 is 0. The summed E-state index contributed by atoms with van der Waals surface area (Å²) in [5.41, 5.74) is 9.86. The van der Waals surface area contributed by atoms with E-state index in [1.165, 1.54) is 0 Å². The monoisotopic (exact) mass is 445 g/mol. The second-order valence-electron chi connectivity index (χ2n) is 7.50. The van der Waals surface area contributed by atoms with Crippen molar-refractivity contribution in [1.29, 1.82) is 5.41 Å². The van der Waals surface area contributed by atoms with Gasteiger partial charge in [-0.1, -0.05) is 25.1 Å². The Morgan fingerprint density at radius 2 is 2.12 bits per heavy atom. The maximum atomic E-state index is 15.2. The van der Waals surface area contributed by atoms with E-state index in [2.05, 4.69) is 15.0 Å². The van der Waals surface area contributed by atoms with Crippen LogP contribution in [0.1, 0.15) is 36.1 Å². The summed E-state index contributed by atoms with van der Waals surface area (Å²) in [7, 11) is 1.65. The largest absolute Gasteiger partial charge is 0.465 e. The van der Waals surface area contributed by atoms with Crippen LogP contribution in [0.2, 0.25) is 0 Å². The first-order valence-corrected chi connectivity index (χ1v) is 10.5. The molecule has 1 unspecified atom stereocenters. The Kier molecular flexibility index (Phi) is 6.44. The van der Waals surface area contributed by atoms with Crippen LogP contribution in [0.25, 0.3) is 16.7 Å². The minimum Gasteiger partial charge on any atom is -0.465 e. The summed E-state index contributed by atoms with van der Waals surface area (Å²) in [4.78, 5) is 12.4. The lowest BCUT2D eigenvalue weighted by molar-refractivity contribution is 0.272. The van der Waals surface area contributed by atoms with Crippen molar-refractivity contribution in [2.45, 2.75) is 19.3 Å². The average Bonchev–Trinajstić information content (AvgIpc) is 2.82. The van der Waals surface area contributed by atoms with Crippen LogP contribution in [-0.2, 0) is 4.74 Å². The van der Waals surface area contributed by atoms with Crippen molar-refractivity contribution in [1.82, 2.24) is 9.97 Å². The second kappa shape index (κ2) is 9.60. The number of nitrogens with zero attached hydrogens (tertiary/aromatic N) is 3. The molecule has 3 aromatic rings. The zero-order chi connectivity index (χ0) is 23.4. The van der Waals surface area contributed by atoms with Crippen LogP contribution in [0.5, 0.6) is 11.5 Å². The lowest BCUT2D eigenvalue weighted by Crippen LogP contribution is -2.22. The molecule has 0 spiro atoms. The van der Waals surface area contributed by atoms with Gasteiger partial charge in [0.1, 0.15) is 12.4 Å². The highest BCUT2D eigenvalue weighted by molar-refractivity contribution is 6.09. The molecule has 0 saturated carbocycles. The molecule has 168 valence electrons. The van der Waals surface area contributed by atoms with Gasteiger partial charge in [-0.3, -0.25) is 15.4 Å². The summed E-state index contributed by atoms with van der Waals surface area (Å²) in [6, 6.07) is 10.9. The number of aliphatic imine (C=N–C) groups is 1. The van der Waals surface area contributed by atoms with Gasteiger partial charge < -0.3 is 15.2 Å². The van der Waals surface area contributed by atoms with Crippen LogP contribution in [-0.4, -0.2) is 35.9 Å². The first kappa shape index (κ1) is 22.1. The summed E-state index contributed by atoms with van der Waals surface area (Å²) < 4.78 is 26.5. The molecule has 0 aliphatic carbocycles. The molecule has 1 atom stereocenters. The zero-order valence-corrected chi connectivity index (χ0v) is 18.4. The summed E-state index contributed by atoms with van der Waals surface area (Å²) in [5.74, 6) is -0.604. The van der Waals surface area contributed by atoms with Crippen molar-refractivity contribution < 1.29 is 13.9 Å². The normalized spacial score (nSPS) is 15.0. The summed E-state index contributed by atoms with van der Waals surface area (Å²) in [6.07, 6.45) is 7.81. The minimum absolute atomic E-state index is 0.0433. The number of allylic oxidation sites excluding steroid dienone is 2. The van der Waals surface area contributed by atoms with E-state index in [0.29, 0.717) is 22.6 Å². The van der Waals surface area contributed by atoms with Crippen molar-refractivity contribution >= 4 is 17.8 Å². The number of hydrogen-bond acceptors (Lipinski definition) is 6. The van der Waals surface area contributed by atoms with Gasteiger partial charge >= 0.3 is 0 Å². The fraction of sp³-hybridized carbons (Fsp3) is 0.200. The van der Waals surface area contributed by atoms with Crippen LogP contribution >= 0.6 is 0 Å². The molecule has 0 radical (unpaired) electrons. The maximum absolute atomic E-state index is 15.2. The number of hydrogen-bond donors (Lipinski definition) is 2. The topological polar surface area (TPSA) is 106 Å². The van der Waals surface area contributed by atoms with Crippen LogP contribution in [0.4, 0.5) is 4.39 Å². The van der Waals surface area contributed by atoms with Gasteiger partial charge in [0.25, 0.3) is 12.0 Å². The van der Waals surface area contributed by atoms with Crippen LogP contribution in [0, 0.1) is 11.4 Å². The number of benzene rings is 1. The first-order valence-electron chi connectivity index (χ1n) is 10.5. The van der Waals surface area contributed by atoms with E-state index in [-0.39, 0.29) is 12.4 Å². The molecule has 1 aliphatic heterocycles. The van der Waals surface area contributed by atoms with Gasteiger partial charge in [0.05, 0.1) is 11.6 Å². The van der Waals surface area contributed by atoms with Gasteiger partial charge in [-0.15, -0.1) is 0 Å². The highest BCUT2D eigenvalue weighted by atomic mass is 19.1. The molecule has 3 N–H and O–H groups in total. The molecule has 2 aromatic heterocycles. The van der Waals surface area contributed by atoms with Crippen molar-refractivity contribution in [3.63, 3.8) is 0 Å². The number of nitrogens with one attached hydrogen (secondary N) is 1. The van der Waals surface area contributed by atoms with E-state index in [1.807, 2.05) is 37.3 Å². The van der Waals surface area contributed by atoms with Crippen molar-refractivity contribution in [2.24, 2.45) is 10.7 Å². The fourth-order valence-electron chi connectivity index (χ4n) is 3.87. The van der Waals surface area contributed by atoms with Crippen LogP contribution in [0.3, 0.4) is 0 Å². The van der Waals surface area contributed by atoms with E-state index in [1.54, 1.807) is 37.8 Å². The Bertz CT molecular complexity index is 1240. The predicted molar refractivity (Wildman–Crippen MR) is 126 cm³/mol. The molecule has 8 heteroatoms. The van der Waals surface area contributed by atoms with E-state index < -0.39 is 17.9 Å². The van der Waals surface area contributed by atoms with Crippen LogP contribution in [0.15, 0.2) is 59.9 Å².